The van der Waals surface area contributed by atoms with Gasteiger partial charge < -0.3 is 9.32 Å². The molecule has 0 unspecified atom stereocenters. The Morgan fingerprint density at radius 2 is 1.08 bits per heavy atom. The Bertz CT molecular complexity index is 2920. The van der Waals surface area contributed by atoms with E-state index in [1.807, 2.05) is 11.3 Å². The highest BCUT2D eigenvalue weighted by molar-refractivity contribution is 7.26. The third kappa shape index (κ3) is 4.06. The third-order valence-electron chi connectivity index (χ3n) is 10.9. The van der Waals surface area contributed by atoms with Crippen molar-refractivity contribution < 1.29 is 4.42 Å². The topological polar surface area (TPSA) is 16.4 Å². The van der Waals surface area contributed by atoms with Gasteiger partial charge in [0.05, 0.1) is 15.8 Å². The lowest BCUT2D eigenvalue weighted by molar-refractivity contribution is 0.673. The molecule has 8 aromatic carbocycles. The highest BCUT2D eigenvalue weighted by Crippen LogP contribution is 2.58. The van der Waals surface area contributed by atoms with Crippen LogP contribution in [0.3, 0.4) is 0 Å². The van der Waals surface area contributed by atoms with Crippen molar-refractivity contribution in [3.8, 4) is 11.1 Å². The molecule has 0 saturated heterocycles. The van der Waals surface area contributed by atoms with Gasteiger partial charge in [0.25, 0.3) is 0 Å². The molecule has 0 radical (unpaired) electrons. The molecule has 11 rings (SSSR count). The summed E-state index contributed by atoms with van der Waals surface area (Å²) in [5.74, 6) is 0. The van der Waals surface area contributed by atoms with Crippen LogP contribution in [0.25, 0.3) is 53.2 Å². The first-order valence-corrected chi connectivity index (χ1v) is 18.6. The predicted molar refractivity (Wildman–Crippen MR) is 219 cm³/mol. The van der Waals surface area contributed by atoms with Gasteiger partial charge >= 0.3 is 0 Å². The molecule has 2 aromatic heterocycles. The van der Waals surface area contributed by atoms with E-state index in [9.17, 15) is 0 Å². The number of fused-ring (bicyclic) bond motifs is 10. The molecule has 0 N–H and O–H groups in total. The molecule has 52 heavy (non-hydrogen) atoms. The Hall–Kier alpha value is -6.42. The first kappa shape index (κ1) is 29.3. The van der Waals surface area contributed by atoms with Crippen molar-refractivity contribution >= 4 is 70.5 Å². The molecule has 0 spiro atoms. The van der Waals surface area contributed by atoms with Crippen molar-refractivity contribution in [1.82, 2.24) is 0 Å². The number of rotatable bonds is 5. The number of thiophene rings is 1. The second-order valence-corrected chi connectivity index (χ2v) is 14.7. The summed E-state index contributed by atoms with van der Waals surface area (Å²) in [5, 5.41) is 4.69. The maximum atomic E-state index is 6.65. The first-order chi connectivity index (χ1) is 25.8. The molecule has 3 heteroatoms. The summed E-state index contributed by atoms with van der Waals surface area (Å²) in [7, 11) is 0. The molecule has 1 aliphatic carbocycles. The first-order valence-electron chi connectivity index (χ1n) is 17.8. The molecular weight excluding hydrogens is 651 g/mol. The van der Waals surface area contributed by atoms with Gasteiger partial charge in [-0.2, -0.15) is 0 Å². The van der Waals surface area contributed by atoms with Gasteiger partial charge in [0.15, 0.2) is 5.58 Å². The van der Waals surface area contributed by atoms with Crippen molar-refractivity contribution in [1.29, 1.82) is 0 Å². The monoisotopic (exact) mass is 681 g/mol. The number of benzene rings is 8. The van der Waals surface area contributed by atoms with Crippen LogP contribution < -0.4 is 4.90 Å². The number of hydrogen-bond acceptors (Lipinski definition) is 3. The van der Waals surface area contributed by atoms with Crippen LogP contribution in [0.4, 0.5) is 17.1 Å². The van der Waals surface area contributed by atoms with Crippen LogP contribution >= 0.6 is 11.3 Å². The van der Waals surface area contributed by atoms with E-state index in [1.54, 1.807) is 0 Å². The van der Waals surface area contributed by atoms with Crippen molar-refractivity contribution in [2.45, 2.75) is 5.41 Å². The fraction of sp³-hybridized carbons (Fsp3) is 0.0204. The van der Waals surface area contributed by atoms with E-state index in [4.69, 9.17) is 4.42 Å². The van der Waals surface area contributed by atoms with Gasteiger partial charge in [0.1, 0.15) is 5.58 Å². The van der Waals surface area contributed by atoms with Crippen molar-refractivity contribution in [2.24, 2.45) is 0 Å². The van der Waals surface area contributed by atoms with Gasteiger partial charge in [0, 0.05) is 37.6 Å². The minimum absolute atomic E-state index is 0.498. The van der Waals surface area contributed by atoms with Crippen LogP contribution in [0, 0.1) is 0 Å². The predicted octanol–water partition coefficient (Wildman–Crippen LogP) is 13.8. The fourth-order valence-corrected chi connectivity index (χ4v) is 10.0. The summed E-state index contributed by atoms with van der Waals surface area (Å²) in [5.41, 5.74) is 12.4. The zero-order valence-electron chi connectivity index (χ0n) is 28.2. The summed E-state index contributed by atoms with van der Waals surface area (Å²) in [4.78, 5) is 2.46. The molecule has 10 aromatic rings. The third-order valence-corrected chi connectivity index (χ3v) is 12.1. The van der Waals surface area contributed by atoms with Crippen LogP contribution in [0.2, 0.25) is 0 Å². The largest absolute Gasteiger partial charge is 0.455 e. The van der Waals surface area contributed by atoms with Gasteiger partial charge in [-0.15, -0.1) is 11.3 Å². The second-order valence-electron chi connectivity index (χ2n) is 13.6. The normalized spacial score (nSPS) is 13.2. The Labute approximate surface area is 305 Å². The van der Waals surface area contributed by atoms with Gasteiger partial charge in [-0.1, -0.05) is 146 Å². The molecule has 0 amide bonds. The van der Waals surface area contributed by atoms with E-state index in [-0.39, 0.29) is 0 Å². The summed E-state index contributed by atoms with van der Waals surface area (Å²) < 4.78 is 9.07. The molecule has 244 valence electrons. The molecule has 2 heterocycles. The Balaban J connectivity index is 1.26. The number of furan rings is 1. The minimum atomic E-state index is -0.498. The van der Waals surface area contributed by atoms with Gasteiger partial charge in [-0.3, -0.25) is 0 Å². The van der Waals surface area contributed by atoms with Crippen molar-refractivity contribution in [3.63, 3.8) is 0 Å². The maximum Gasteiger partial charge on any atom is 0.153 e. The van der Waals surface area contributed by atoms with Crippen LogP contribution in [0.5, 0.6) is 0 Å². The van der Waals surface area contributed by atoms with Gasteiger partial charge in [-0.25, -0.2) is 0 Å². The number of nitrogens with zero attached hydrogens (tertiary/aromatic N) is 1. The zero-order chi connectivity index (χ0) is 34.2. The van der Waals surface area contributed by atoms with Crippen LogP contribution in [-0.4, -0.2) is 0 Å². The summed E-state index contributed by atoms with van der Waals surface area (Å²) >= 11 is 1.81. The number of para-hydroxylation sites is 2. The van der Waals surface area contributed by atoms with E-state index in [2.05, 4.69) is 193 Å². The van der Waals surface area contributed by atoms with Gasteiger partial charge in [-0.05, 0) is 75.8 Å². The zero-order valence-corrected chi connectivity index (χ0v) is 29.0. The fourth-order valence-electron chi connectivity index (χ4n) is 8.80. The Kier molecular flexibility index (Phi) is 6.37. The lowest BCUT2D eigenvalue weighted by Gasteiger charge is -2.35. The SMILES string of the molecule is c1ccc(N(c2ccc3c(c2)C(c2ccccc2)(c2ccccc2)c2ccccc2-3)c2cc3c4ccccc4oc3c3sc4ccccc4c23)cc1. The highest BCUT2D eigenvalue weighted by atomic mass is 32.1. The van der Waals surface area contributed by atoms with Gasteiger partial charge in [0.2, 0.25) is 0 Å². The molecule has 0 bridgehead atoms. The average Bonchev–Trinajstić information content (AvgIpc) is 3.88. The molecule has 0 aliphatic heterocycles. The number of hydrogen-bond donors (Lipinski definition) is 0. The molecular formula is C49H31NOS. The molecule has 0 saturated carbocycles. The lowest BCUT2D eigenvalue weighted by atomic mass is 9.67. The number of anilines is 3. The van der Waals surface area contributed by atoms with Crippen molar-refractivity contribution in [3.05, 3.63) is 210 Å². The maximum absolute atomic E-state index is 6.65. The summed E-state index contributed by atoms with van der Waals surface area (Å²) in [6.07, 6.45) is 0. The van der Waals surface area contributed by atoms with E-state index >= 15 is 0 Å². The van der Waals surface area contributed by atoms with Crippen LogP contribution in [-0.2, 0) is 5.41 Å². The van der Waals surface area contributed by atoms with E-state index in [0.29, 0.717) is 0 Å². The highest BCUT2D eigenvalue weighted by Gasteiger charge is 2.46. The van der Waals surface area contributed by atoms with Crippen LogP contribution in [0.1, 0.15) is 22.3 Å². The summed E-state index contributed by atoms with van der Waals surface area (Å²) in [6, 6.07) is 68.5. The lowest BCUT2D eigenvalue weighted by Crippen LogP contribution is -2.28. The minimum Gasteiger partial charge on any atom is -0.455 e. The quantitative estimate of drug-likeness (QED) is 0.180. The van der Waals surface area contributed by atoms with Crippen LogP contribution in [0.15, 0.2) is 192 Å². The molecule has 0 atom stereocenters. The standard InChI is InChI=1S/C49H31NOS/c1-4-16-32(17-5-1)49(33-18-6-2-7-19-33)41-25-13-10-22-36(41)37-29-28-35(30-42(37)49)50(34-20-8-3-9-21-34)43-31-40-38-23-11-14-26-44(38)51-47(40)48-46(43)39-24-12-15-27-45(39)52-48/h1-31H. The van der Waals surface area contributed by atoms with E-state index in [1.165, 1.54) is 53.6 Å². The summed E-state index contributed by atoms with van der Waals surface area (Å²) in [6.45, 7) is 0. The van der Waals surface area contributed by atoms with Crippen molar-refractivity contribution in [2.75, 3.05) is 4.90 Å². The van der Waals surface area contributed by atoms with E-state index < -0.39 is 5.41 Å². The second kappa shape index (κ2) is 11.3. The Morgan fingerprint density at radius 3 is 1.85 bits per heavy atom. The average molecular weight is 682 g/mol. The molecule has 1 aliphatic rings. The molecule has 2 nitrogen and oxygen atoms in total. The molecule has 0 fully saturated rings. The smallest absolute Gasteiger partial charge is 0.153 e. The Morgan fingerprint density at radius 1 is 0.462 bits per heavy atom. The van der Waals surface area contributed by atoms with E-state index in [0.717, 1.165) is 39.0 Å².